The van der Waals surface area contributed by atoms with Gasteiger partial charge in [-0.1, -0.05) is 0 Å². The number of ether oxygens (including phenoxy) is 2. The highest BCUT2D eigenvalue weighted by molar-refractivity contribution is 7.15. The van der Waals surface area contributed by atoms with E-state index >= 15 is 0 Å². The minimum absolute atomic E-state index is 0.675. The topological polar surface area (TPSA) is 47.8 Å². The number of hydrogen-bond donors (Lipinski definition) is 1. The first kappa shape index (κ1) is 16.4. The summed E-state index contributed by atoms with van der Waals surface area (Å²) in [4.78, 5) is 5.69. The Balaban J connectivity index is 1.66. The maximum atomic E-state index is 5.44. The van der Waals surface area contributed by atoms with E-state index in [4.69, 9.17) is 9.47 Å². The summed E-state index contributed by atoms with van der Waals surface area (Å²) < 4.78 is 12.6. The Kier molecular flexibility index (Phi) is 6.63. The standard InChI is InChI=1S/C15H25N3O2S/c1-12-11-21-15-17-13(2)14(18(12)15)10-16-6-4-5-7-20-9-8-19-3/h11,16H,4-10H2,1-3H3. The predicted molar refractivity (Wildman–Crippen MR) is 86.2 cm³/mol. The van der Waals surface area contributed by atoms with Crippen LogP contribution in [0.2, 0.25) is 0 Å². The first-order valence-electron chi connectivity index (χ1n) is 7.43. The zero-order valence-electron chi connectivity index (χ0n) is 13.1. The number of hydrogen-bond acceptors (Lipinski definition) is 5. The summed E-state index contributed by atoms with van der Waals surface area (Å²) in [5.74, 6) is 0. The van der Waals surface area contributed by atoms with Gasteiger partial charge >= 0.3 is 0 Å². The highest BCUT2D eigenvalue weighted by Crippen LogP contribution is 2.20. The molecule has 0 fully saturated rings. The lowest BCUT2D eigenvalue weighted by Gasteiger charge is -2.07. The molecule has 0 aliphatic carbocycles. The largest absolute Gasteiger partial charge is 0.382 e. The molecule has 0 aliphatic heterocycles. The van der Waals surface area contributed by atoms with Crippen molar-refractivity contribution in [3.05, 3.63) is 22.5 Å². The number of unbranched alkanes of at least 4 members (excludes halogenated alkanes) is 1. The van der Waals surface area contributed by atoms with Gasteiger partial charge in [0.25, 0.3) is 0 Å². The monoisotopic (exact) mass is 311 g/mol. The van der Waals surface area contributed by atoms with Gasteiger partial charge in [0, 0.05) is 31.3 Å². The number of fused-ring (bicyclic) bond motifs is 1. The van der Waals surface area contributed by atoms with Gasteiger partial charge in [-0.15, -0.1) is 11.3 Å². The number of thiazole rings is 1. The minimum Gasteiger partial charge on any atom is -0.382 e. The molecule has 0 spiro atoms. The molecule has 0 bridgehead atoms. The van der Waals surface area contributed by atoms with Gasteiger partial charge in [-0.25, -0.2) is 4.98 Å². The number of aromatic nitrogens is 2. The molecule has 1 N–H and O–H groups in total. The molecule has 2 heterocycles. The fraction of sp³-hybridized carbons (Fsp3) is 0.667. The lowest BCUT2D eigenvalue weighted by molar-refractivity contribution is 0.0688. The van der Waals surface area contributed by atoms with Crippen LogP contribution in [-0.2, 0) is 16.0 Å². The molecule has 0 aliphatic rings. The van der Waals surface area contributed by atoms with Crippen LogP contribution in [0.3, 0.4) is 0 Å². The maximum absolute atomic E-state index is 5.44. The lowest BCUT2D eigenvalue weighted by atomic mass is 10.3. The average Bonchev–Trinajstić information content (AvgIpc) is 2.97. The van der Waals surface area contributed by atoms with Crippen LogP contribution < -0.4 is 5.32 Å². The van der Waals surface area contributed by atoms with E-state index in [-0.39, 0.29) is 0 Å². The van der Waals surface area contributed by atoms with Gasteiger partial charge in [-0.2, -0.15) is 0 Å². The lowest BCUT2D eigenvalue weighted by Crippen LogP contribution is -2.17. The van der Waals surface area contributed by atoms with Crippen molar-refractivity contribution in [1.29, 1.82) is 0 Å². The van der Waals surface area contributed by atoms with Crippen LogP contribution in [0.4, 0.5) is 0 Å². The van der Waals surface area contributed by atoms with Crippen molar-refractivity contribution in [1.82, 2.24) is 14.7 Å². The van der Waals surface area contributed by atoms with Crippen molar-refractivity contribution in [3.63, 3.8) is 0 Å². The van der Waals surface area contributed by atoms with Crippen LogP contribution in [-0.4, -0.2) is 42.9 Å². The van der Waals surface area contributed by atoms with Crippen LogP contribution in [0, 0.1) is 13.8 Å². The van der Waals surface area contributed by atoms with Gasteiger partial charge in [-0.3, -0.25) is 4.40 Å². The fourth-order valence-corrected chi connectivity index (χ4v) is 3.21. The molecule has 2 aromatic rings. The number of nitrogens with one attached hydrogen (secondary N) is 1. The van der Waals surface area contributed by atoms with Crippen LogP contribution >= 0.6 is 11.3 Å². The maximum Gasteiger partial charge on any atom is 0.194 e. The van der Waals surface area contributed by atoms with E-state index in [1.54, 1.807) is 18.4 Å². The summed E-state index contributed by atoms with van der Waals surface area (Å²) in [7, 11) is 1.69. The average molecular weight is 311 g/mol. The third-order valence-corrected chi connectivity index (χ3v) is 4.39. The Morgan fingerprint density at radius 2 is 2.10 bits per heavy atom. The second kappa shape index (κ2) is 8.48. The van der Waals surface area contributed by atoms with Crippen LogP contribution in [0.15, 0.2) is 5.38 Å². The van der Waals surface area contributed by atoms with E-state index in [1.165, 1.54) is 11.4 Å². The highest BCUT2D eigenvalue weighted by atomic mass is 32.1. The summed E-state index contributed by atoms with van der Waals surface area (Å²) in [6.07, 6.45) is 2.20. The van der Waals surface area contributed by atoms with Gasteiger partial charge in [0.1, 0.15) is 0 Å². The van der Waals surface area contributed by atoms with Gasteiger partial charge in [0.05, 0.1) is 24.6 Å². The molecule has 0 radical (unpaired) electrons. The summed E-state index contributed by atoms with van der Waals surface area (Å²) in [5.41, 5.74) is 3.67. The summed E-state index contributed by atoms with van der Waals surface area (Å²) in [6.45, 7) is 8.26. The summed E-state index contributed by atoms with van der Waals surface area (Å²) in [5, 5.41) is 5.66. The number of imidazole rings is 1. The minimum atomic E-state index is 0.675. The Labute approximate surface area is 130 Å². The van der Waals surface area contributed by atoms with E-state index in [1.807, 2.05) is 0 Å². The quantitative estimate of drug-likeness (QED) is 0.685. The first-order chi connectivity index (χ1) is 10.2. The van der Waals surface area contributed by atoms with E-state index in [0.29, 0.717) is 13.2 Å². The van der Waals surface area contributed by atoms with E-state index in [2.05, 4.69) is 33.9 Å². The normalized spacial score (nSPS) is 11.6. The summed E-state index contributed by atoms with van der Waals surface area (Å²) >= 11 is 1.70. The van der Waals surface area contributed by atoms with Crippen molar-refractivity contribution >= 4 is 16.3 Å². The number of nitrogens with zero attached hydrogens (tertiary/aromatic N) is 2. The molecule has 0 aromatic carbocycles. The first-order valence-corrected chi connectivity index (χ1v) is 8.31. The molecule has 0 atom stereocenters. The molecule has 0 amide bonds. The smallest absolute Gasteiger partial charge is 0.194 e. The predicted octanol–water partition coefficient (Wildman–Crippen LogP) is 2.55. The van der Waals surface area contributed by atoms with E-state index in [9.17, 15) is 0 Å². The van der Waals surface area contributed by atoms with Crippen LogP contribution in [0.25, 0.3) is 4.96 Å². The van der Waals surface area contributed by atoms with Crippen LogP contribution in [0.1, 0.15) is 29.9 Å². The fourth-order valence-electron chi connectivity index (χ4n) is 2.28. The Morgan fingerprint density at radius 3 is 2.90 bits per heavy atom. The SMILES string of the molecule is COCCOCCCCNCc1c(C)nc2scc(C)n12. The number of aryl methyl sites for hydroxylation is 2. The number of rotatable bonds is 10. The molecule has 0 saturated carbocycles. The Morgan fingerprint density at radius 1 is 1.24 bits per heavy atom. The van der Waals surface area contributed by atoms with Crippen molar-refractivity contribution in [2.75, 3.05) is 33.5 Å². The molecule has 118 valence electrons. The molecule has 5 nitrogen and oxygen atoms in total. The van der Waals surface area contributed by atoms with Gasteiger partial charge in [0.2, 0.25) is 0 Å². The molecule has 0 unspecified atom stereocenters. The van der Waals surface area contributed by atoms with Crippen molar-refractivity contribution in [2.45, 2.75) is 33.2 Å². The Bertz CT molecular complexity index is 550. The van der Waals surface area contributed by atoms with Gasteiger partial charge in [-0.05, 0) is 33.2 Å². The molecular weight excluding hydrogens is 286 g/mol. The molecule has 2 rings (SSSR count). The van der Waals surface area contributed by atoms with Gasteiger partial charge < -0.3 is 14.8 Å². The molecule has 2 aromatic heterocycles. The molecular formula is C15H25N3O2S. The molecule has 6 heteroatoms. The zero-order valence-corrected chi connectivity index (χ0v) is 14.0. The van der Waals surface area contributed by atoms with E-state index < -0.39 is 0 Å². The van der Waals surface area contributed by atoms with Crippen molar-refractivity contribution < 1.29 is 9.47 Å². The number of methoxy groups -OCH3 is 1. The molecule has 0 saturated heterocycles. The third-order valence-electron chi connectivity index (χ3n) is 3.45. The summed E-state index contributed by atoms with van der Waals surface area (Å²) in [6, 6.07) is 0. The van der Waals surface area contributed by atoms with Crippen molar-refractivity contribution in [3.8, 4) is 0 Å². The van der Waals surface area contributed by atoms with E-state index in [0.717, 1.165) is 43.2 Å². The zero-order chi connectivity index (χ0) is 15.1. The highest BCUT2D eigenvalue weighted by Gasteiger charge is 2.11. The van der Waals surface area contributed by atoms with Crippen LogP contribution in [0.5, 0.6) is 0 Å². The second-order valence-corrected chi connectivity index (χ2v) is 5.96. The second-order valence-electron chi connectivity index (χ2n) is 5.13. The van der Waals surface area contributed by atoms with Gasteiger partial charge in [0.15, 0.2) is 4.96 Å². The van der Waals surface area contributed by atoms with Crippen molar-refractivity contribution in [2.24, 2.45) is 0 Å². The molecule has 21 heavy (non-hydrogen) atoms. The third kappa shape index (κ3) is 4.51. The Hall–Kier alpha value is -0.950.